The van der Waals surface area contributed by atoms with E-state index in [1.807, 2.05) is 0 Å². The Morgan fingerprint density at radius 1 is 1.47 bits per heavy atom. The van der Waals surface area contributed by atoms with Gasteiger partial charge < -0.3 is 14.4 Å². The fourth-order valence-corrected chi connectivity index (χ4v) is 2.78. The number of carbonyl (C=O) groups is 1. The molecule has 82 valence electrons. The van der Waals surface area contributed by atoms with Gasteiger partial charge in [-0.05, 0) is 19.3 Å². The van der Waals surface area contributed by atoms with Gasteiger partial charge in [-0.15, -0.1) is 0 Å². The topological polar surface area (TPSA) is 101 Å². The average Bonchev–Trinajstić information content (AvgIpc) is 2.15. The molecule has 1 amide bonds. The molecule has 0 saturated heterocycles. The summed E-state index contributed by atoms with van der Waals surface area (Å²) in [6.07, 6.45) is 1.88. The van der Waals surface area contributed by atoms with Crippen LogP contribution in [0.15, 0.2) is 0 Å². The summed E-state index contributed by atoms with van der Waals surface area (Å²) >= 11 is 0. The molecular weight excluding hydrogens is 232 g/mol. The molecule has 6 nitrogen and oxygen atoms in total. The Hall–Kier alpha value is 0.580. The van der Waals surface area contributed by atoms with Crippen molar-refractivity contribution in [3.8, 4) is 0 Å². The molecule has 0 heterocycles. The molecule has 2 N–H and O–H groups in total. The van der Waals surface area contributed by atoms with Crippen LogP contribution in [0.25, 0.3) is 0 Å². The third-order valence-electron chi connectivity index (χ3n) is 2.56. The van der Waals surface area contributed by atoms with Crippen LogP contribution < -0.4 is 34.5 Å². The Morgan fingerprint density at radius 3 is 2.53 bits per heavy atom. The fraction of sp³-hybridized carbons (Fsp3) is 0.857. The van der Waals surface area contributed by atoms with E-state index in [0.717, 1.165) is 0 Å². The summed E-state index contributed by atoms with van der Waals surface area (Å²) in [6.45, 7) is 0. The molecule has 0 aliphatic heterocycles. The quantitative estimate of drug-likeness (QED) is 0.178. The van der Waals surface area contributed by atoms with E-state index in [2.05, 4.69) is 0 Å². The van der Waals surface area contributed by atoms with Crippen molar-refractivity contribution in [2.75, 3.05) is 0 Å². The first-order valence-corrected chi connectivity index (χ1v) is 6.06. The Labute approximate surface area is 110 Å². The molecule has 0 radical (unpaired) electrons. The van der Waals surface area contributed by atoms with E-state index in [-0.39, 0.29) is 42.4 Å². The minimum absolute atomic E-state index is 0. The first-order chi connectivity index (χ1) is 6.45. The van der Waals surface area contributed by atoms with Crippen LogP contribution in [0.5, 0.6) is 0 Å². The van der Waals surface area contributed by atoms with Gasteiger partial charge in [-0.1, -0.05) is 6.42 Å². The number of hydroxylamine groups is 2. The third-order valence-corrected chi connectivity index (χ3v) is 3.95. The van der Waals surface area contributed by atoms with Gasteiger partial charge in [-0.25, -0.2) is 5.06 Å². The number of hydrogen-bond donors (Lipinski definition) is 2. The van der Waals surface area contributed by atoms with Crippen molar-refractivity contribution in [3.05, 3.63) is 0 Å². The van der Waals surface area contributed by atoms with Gasteiger partial charge >= 0.3 is 29.6 Å². The van der Waals surface area contributed by atoms with Crippen molar-refractivity contribution in [1.29, 1.82) is 0 Å². The molecule has 0 bridgehead atoms. The van der Waals surface area contributed by atoms with E-state index >= 15 is 0 Å². The molecule has 0 spiro atoms. The minimum Gasteiger partial charge on any atom is -0.778 e. The van der Waals surface area contributed by atoms with Crippen LogP contribution >= 0.6 is 7.60 Å². The predicted octanol–water partition coefficient (Wildman–Crippen LogP) is -3.31. The van der Waals surface area contributed by atoms with E-state index in [1.54, 1.807) is 0 Å². The number of amides is 1. The van der Waals surface area contributed by atoms with Crippen LogP contribution in [-0.2, 0) is 9.36 Å². The van der Waals surface area contributed by atoms with Crippen molar-refractivity contribution < 1.29 is 53.9 Å². The standard InChI is InChI=1S/C7H14NO5P.Na/c9-5-8(10)6-2-1-3-7(4-6)14(11,12)13;/h5-7,10H,1-4H2,(H2,11,12,13);/q;+1/p-1. The maximum Gasteiger partial charge on any atom is 1.00 e. The van der Waals surface area contributed by atoms with Crippen molar-refractivity contribution in [2.45, 2.75) is 37.4 Å². The van der Waals surface area contributed by atoms with E-state index in [0.29, 0.717) is 24.3 Å². The van der Waals surface area contributed by atoms with Gasteiger partial charge in [0.15, 0.2) is 0 Å². The van der Waals surface area contributed by atoms with Crippen LogP contribution in [0.3, 0.4) is 0 Å². The van der Waals surface area contributed by atoms with Gasteiger partial charge in [-0.3, -0.25) is 10.0 Å². The predicted molar refractivity (Wildman–Crippen MR) is 45.6 cm³/mol. The van der Waals surface area contributed by atoms with Crippen LogP contribution in [0, 0.1) is 0 Å². The second kappa shape index (κ2) is 6.35. The Kier molecular flexibility index (Phi) is 6.59. The van der Waals surface area contributed by atoms with Crippen LogP contribution in [-0.4, -0.2) is 33.3 Å². The zero-order valence-electron chi connectivity index (χ0n) is 8.57. The Balaban J connectivity index is 0.00000196. The summed E-state index contributed by atoms with van der Waals surface area (Å²) in [5.74, 6) is 0. The minimum atomic E-state index is -4.33. The molecule has 1 aliphatic rings. The molecule has 8 heteroatoms. The Morgan fingerprint density at radius 2 is 2.07 bits per heavy atom. The molecule has 15 heavy (non-hydrogen) atoms. The molecule has 1 fully saturated rings. The van der Waals surface area contributed by atoms with Gasteiger partial charge in [0.25, 0.3) is 0 Å². The zero-order chi connectivity index (χ0) is 10.8. The van der Waals surface area contributed by atoms with Gasteiger partial charge in [0.1, 0.15) is 7.60 Å². The molecule has 0 aromatic heterocycles. The third kappa shape index (κ3) is 4.53. The smallest absolute Gasteiger partial charge is 0.778 e. The van der Waals surface area contributed by atoms with Crippen molar-refractivity contribution in [3.63, 3.8) is 0 Å². The maximum atomic E-state index is 10.8. The molecule has 3 atom stereocenters. The number of rotatable bonds is 3. The van der Waals surface area contributed by atoms with Crippen molar-refractivity contribution in [2.24, 2.45) is 0 Å². The number of nitrogens with zero attached hydrogens (tertiary/aromatic N) is 1. The van der Waals surface area contributed by atoms with E-state index in [4.69, 9.17) is 10.1 Å². The van der Waals surface area contributed by atoms with Crippen LogP contribution in [0.2, 0.25) is 0 Å². The number of hydrogen-bond acceptors (Lipinski definition) is 4. The summed E-state index contributed by atoms with van der Waals surface area (Å²) < 4.78 is 10.8. The van der Waals surface area contributed by atoms with Gasteiger partial charge in [0, 0.05) is 5.66 Å². The molecule has 0 aromatic rings. The molecule has 0 aromatic carbocycles. The summed E-state index contributed by atoms with van der Waals surface area (Å²) in [7, 11) is -4.33. The Bertz CT molecular complexity index is 258. The maximum absolute atomic E-state index is 10.8. The zero-order valence-corrected chi connectivity index (χ0v) is 11.5. The second-order valence-electron chi connectivity index (χ2n) is 3.52. The van der Waals surface area contributed by atoms with Crippen molar-refractivity contribution in [1.82, 2.24) is 5.06 Å². The monoisotopic (exact) mass is 245 g/mol. The van der Waals surface area contributed by atoms with E-state index in [1.165, 1.54) is 0 Å². The molecule has 1 aliphatic carbocycles. The van der Waals surface area contributed by atoms with Crippen molar-refractivity contribution >= 4 is 14.0 Å². The number of carbonyl (C=O) groups excluding carboxylic acids is 1. The van der Waals surface area contributed by atoms with Gasteiger partial charge in [-0.2, -0.15) is 0 Å². The molecule has 1 saturated carbocycles. The summed E-state index contributed by atoms with van der Waals surface area (Å²) in [5, 5.41) is 9.53. The van der Waals surface area contributed by atoms with Crippen LogP contribution in [0.4, 0.5) is 0 Å². The second-order valence-corrected chi connectivity index (χ2v) is 5.38. The summed E-state index contributed by atoms with van der Waals surface area (Å²) in [6, 6.07) is -0.499. The average molecular weight is 245 g/mol. The molecular formula is C7H13NNaO5P. The first kappa shape index (κ1) is 15.6. The SMILES string of the molecule is O=CN(O)C1CCCC(P(=O)([O-])O)C1.[Na+]. The van der Waals surface area contributed by atoms with Crippen LogP contribution in [0.1, 0.15) is 25.7 Å². The van der Waals surface area contributed by atoms with E-state index < -0.39 is 19.3 Å². The first-order valence-electron chi connectivity index (χ1n) is 4.41. The molecule has 1 rings (SSSR count). The summed E-state index contributed by atoms with van der Waals surface area (Å²) in [5.41, 5.74) is -0.837. The molecule has 3 unspecified atom stereocenters. The van der Waals surface area contributed by atoms with Gasteiger partial charge in [0.2, 0.25) is 6.41 Å². The van der Waals surface area contributed by atoms with Gasteiger partial charge in [0.05, 0.1) is 6.04 Å². The summed E-state index contributed by atoms with van der Waals surface area (Å²) in [4.78, 5) is 29.9. The normalized spacial score (nSPS) is 29.8. The fourth-order valence-electron chi connectivity index (χ4n) is 1.76. The van der Waals surface area contributed by atoms with E-state index in [9.17, 15) is 14.3 Å². The largest absolute Gasteiger partial charge is 1.00 e.